The van der Waals surface area contributed by atoms with Crippen LogP contribution < -0.4 is 9.47 Å². The number of carbonyl (C=O) groups is 1. The Balaban J connectivity index is 1.83. The molecule has 1 aliphatic heterocycles. The molecule has 0 bridgehead atoms. The Labute approximate surface area is 143 Å². The Kier molecular flexibility index (Phi) is 4.47. The second-order valence-electron chi connectivity index (χ2n) is 6.50. The maximum Gasteiger partial charge on any atom is 0.232 e. The Morgan fingerprint density at radius 2 is 1.79 bits per heavy atom. The van der Waals surface area contributed by atoms with Crippen LogP contribution >= 0.6 is 0 Å². The van der Waals surface area contributed by atoms with Gasteiger partial charge in [0, 0.05) is 13.1 Å². The van der Waals surface area contributed by atoms with Crippen molar-refractivity contribution in [2.45, 2.75) is 32.7 Å². The first kappa shape index (κ1) is 16.4. The third-order valence-corrected chi connectivity index (χ3v) is 4.51. The Hall–Kier alpha value is -2.49. The van der Waals surface area contributed by atoms with E-state index >= 15 is 0 Å². The first-order valence-corrected chi connectivity index (χ1v) is 8.26. The number of rotatable bonds is 5. The van der Waals surface area contributed by atoms with Crippen LogP contribution in [0.2, 0.25) is 0 Å². The molecule has 1 heterocycles. The van der Waals surface area contributed by atoms with Crippen molar-refractivity contribution in [2.24, 2.45) is 0 Å². The molecule has 2 aromatic carbocycles. The monoisotopic (exact) mass is 325 g/mol. The van der Waals surface area contributed by atoms with E-state index in [9.17, 15) is 4.79 Å². The number of ether oxygens (including phenoxy) is 2. The third kappa shape index (κ3) is 3.09. The van der Waals surface area contributed by atoms with Crippen LogP contribution in [0.1, 0.15) is 31.9 Å². The highest BCUT2D eigenvalue weighted by Crippen LogP contribution is 2.37. The molecular formula is C20H23NO3. The smallest absolute Gasteiger partial charge is 0.232 e. The molecule has 126 valence electrons. The van der Waals surface area contributed by atoms with Crippen LogP contribution in [-0.4, -0.2) is 24.1 Å². The predicted molar refractivity (Wildman–Crippen MR) is 93.1 cm³/mol. The lowest BCUT2D eigenvalue weighted by atomic mass is 9.83. The molecule has 4 heteroatoms. The van der Waals surface area contributed by atoms with E-state index in [-0.39, 0.29) is 12.7 Å². The summed E-state index contributed by atoms with van der Waals surface area (Å²) in [6.07, 6.45) is 0. The first-order chi connectivity index (χ1) is 11.5. The minimum absolute atomic E-state index is 0.104. The van der Waals surface area contributed by atoms with Crippen molar-refractivity contribution < 1.29 is 14.3 Å². The van der Waals surface area contributed by atoms with Gasteiger partial charge in [-0.05, 0) is 44.0 Å². The molecule has 0 N–H and O–H groups in total. The molecule has 0 aliphatic carbocycles. The molecule has 2 aromatic rings. The number of amides is 1. The number of likely N-dealkylation sites (N-methyl/N-ethyl adjacent to an activating group) is 1. The highest BCUT2D eigenvalue weighted by molar-refractivity contribution is 5.87. The van der Waals surface area contributed by atoms with Crippen molar-refractivity contribution >= 4 is 5.91 Å². The van der Waals surface area contributed by atoms with Gasteiger partial charge >= 0.3 is 0 Å². The van der Waals surface area contributed by atoms with Crippen LogP contribution in [0.3, 0.4) is 0 Å². The second-order valence-corrected chi connectivity index (χ2v) is 6.50. The van der Waals surface area contributed by atoms with Gasteiger partial charge in [-0.3, -0.25) is 4.79 Å². The molecule has 0 fully saturated rings. The Morgan fingerprint density at radius 1 is 1.08 bits per heavy atom. The van der Waals surface area contributed by atoms with E-state index < -0.39 is 5.41 Å². The van der Waals surface area contributed by atoms with Crippen LogP contribution in [0.5, 0.6) is 11.5 Å². The zero-order valence-electron chi connectivity index (χ0n) is 14.4. The fourth-order valence-corrected chi connectivity index (χ4v) is 2.94. The van der Waals surface area contributed by atoms with Crippen molar-refractivity contribution in [1.82, 2.24) is 4.90 Å². The lowest BCUT2D eigenvalue weighted by Crippen LogP contribution is -2.43. The molecule has 0 unspecified atom stereocenters. The van der Waals surface area contributed by atoms with Gasteiger partial charge in [0.05, 0.1) is 5.41 Å². The van der Waals surface area contributed by atoms with E-state index in [1.807, 2.05) is 74.2 Å². The predicted octanol–water partition coefficient (Wildman–Crippen LogP) is 3.74. The normalized spacial score (nSPS) is 13.0. The van der Waals surface area contributed by atoms with E-state index in [0.29, 0.717) is 18.8 Å². The molecule has 0 saturated heterocycles. The molecule has 3 rings (SSSR count). The number of hydrogen-bond acceptors (Lipinski definition) is 3. The summed E-state index contributed by atoms with van der Waals surface area (Å²) in [5, 5.41) is 0. The van der Waals surface area contributed by atoms with Crippen molar-refractivity contribution in [2.75, 3.05) is 13.3 Å². The van der Waals surface area contributed by atoms with Gasteiger partial charge in [-0.15, -0.1) is 0 Å². The minimum atomic E-state index is -0.633. The van der Waals surface area contributed by atoms with Crippen molar-refractivity contribution in [1.29, 1.82) is 0 Å². The van der Waals surface area contributed by atoms with Crippen LogP contribution in [-0.2, 0) is 16.8 Å². The average Bonchev–Trinajstić information content (AvgIpc) is 3.07. The number of fused-ring (bicyclic) bond motifs is 1. The first-order valence-electron chi connectivity index (χ1n) is 8.26. The lowest BCUT2D eigenvalue weighted by Gasteiger charge is -2.32. The van der Waals surface area contributed by atoms with Crippen LogP contribution in [0.25, 0.3) is 0 Å². The number of hydrogen-bond donors (Lipinski definition) is 0. The van der Waals surface area contributed by atoms with Gasteiger partial charge in [-0.25, -0.2) is 0 Å². The molecule has 0 radical (unpaired) electrons. The van der Waals surface area contributed by atoms with E-state index in [0.717, 1.165) is 16.9 Å². The highest BCUT2D eigenvalue weighted by Gasteiger charge is 2.34. The number of benzene rings is 2. The standard InChI is InChI=1S/C20H23NO3/c1-4-21(13-15-8-6-5-7-9-15)19(22)20(2,3)16-10-11-17-18(12-16)24-14-23-17/h5-12H,4,13-14H2,1-3H3. The molecule has 0 aromatic heterocycles. The lowest BCUT2D eigenvalue weighted by molar-refractivity contribution is -0.136. The van der Waals surface area contributed by atoms with Gasteiger partial charge in [-0.2, -0.15) is 0 Å². The van der Waals surface area contributed by atoms with E-state index in [4.69, 9.17) is 9.47 Å². The van der Waals surface area contributed by atoms with Crippen molar-refractivity contribution in [3.63, 3.8) is 0 Å². The summed E-state index contributed by atoms with van der Waals surface area (Å²) in [5.74, 6) is 1.55. The topological polar surface area (TPSA) is 38.8 Å². The maximum atomic E-state index is 13.2. The number of nitrogens with zero attached hydrogens (tertiary/aromatic N) is 1. The summed E-state index contributed by atoms with van der Waals surface area (Å²) in [6.45, 7) is 7.45. The fraction of sp³-hybridized carbons (Fsp3) is 0.350. The quantitative estimate of drug-likeness (QED) is 0.840. The largest absolute Gasteiger partial charge is 0.454 e. The second kappa shape index (κ2) is 6.56. The van der Waals surface area contributed by atoms with Gasteiger partial charge in [0.15, 0.2) is 11.5 Å². The minimum Gasteiger partial charge on any atom is -0.454 e. The molecule has 0 spiro atoms. The molecule has 0 saturated carbocycles. The molecule has 4 nitrogen and oxygen atoms in total. The molecule has 1 amide bonds. The van der Waals surface area contributed by atoms with Gasteiger partial charge in [0.1, 0.15) is 0 Å². The summed E-state index contributed by atoms with van der Waals surface area (Å²) in [5.41, 5.74) is 1.43. The maximum absolute atomic E-state index is 13.2. The highest BCUT2D eigenvalue weighted by atomic mass is 16.7. The van der Waals surface area contributed by atoms with Crippen LogP contribution in [0.4, 0.5) is 0 Å². The van der Waals surface area contributed by atoms with Gasteiger partial charge in [0.25, 0.3) is 0 Å². The van der Waals surface area contributed by atoms with Crippen LogP contribution in [0, 0.1) is 0 Å². The fourth-order valence-electron chi connectivity index (χ4n) is 2.94. The van der Waals surface area contributed by atoms with Crippen molar-refractivity contribution in [3.05, 3.63) is 59.7 Å². The zero-order chi connectivity index (χ0) is 17.2. The van der Waals surface area contributed by atoms with Crippen molar-refractivity contribution in [3.8, 4) is 11.5 Å². The average molecular weight is 325 g/mol. The Morgan fingerprint density at radius 3 is 2.50 bits per heavy atom. The molecule has 0 atom stereocenters. The van der Waals surface area contributed by atoms with Gasteiger partial charge in [-0.1, -0.05) is 36.4 Å². The molecule has 1 aliphatic rings. The summed E-state index contributed by atoms with van der Waals surface area (Å²) < 4.78 is 10.8. The summed E-state index contributed by atoms with van der Waals surface area (Å²) in [7, 11) is 0. The van der Waals surface area contributed by atoms with E-state index in [1.165, 1.54) is 0 Å². The van der Waals surface area contributed by atoms with Gasteiger partial charge < -0.3 is 14.4 Å². The summed E-state index contributed by atoms with van der Waals surface area (Å²) >= 11 is 0. The summed E-state index contributed by atoms with van der Waals surface area (Å²) in [4.78, 5) is 15.0. The third-order valence-electron chi connectivity index (χ3n) is 4.51. The van der Waals surface area contributed by atoms with Crippen LogP contribution in [0.15, 0.2) is 48.5 Å². The zero-order valence-corrected chi connectivity index (χ0v) is 14.4. The van der Waals surface area contributed by atoms with E-state index in [1.54, 1.807) is 0 Å². The Bertz CT molecular complexity index is 725. The molecule has 24 heavy (non-hydrogen) atoms. The number of carbonyl (C=O) groups excluding carboxylic acids is 1. The SMILES string of the molecule is CCN(Cc1ccccc1)C(=O)C(C)(C)c1ccc2c(c1)OCO2. The summed E-state index contributed by atoms with van der Waals surface area (Å²) in [6, 6.07) is 15.8. The molecular weight excluding hydrogens is 302 g/mol. The van der Waals surface area contributed by atoms with E-state index in [2.05, 4.69) is 0 Å². The van der Waals surface area contributed by atoms with Gasteiger partial charge in [0.2, 0.25) is 12.7 Å².